The second-order valence-electron chi connectivity index (χ2n) is 9.55. The number of nitrogens with zero attached hydrogens (tertiary/aromatic N) is 3. The summed E-state index contributed by atoms with van der Waals surface area (Å²) in [6.45, 7) is 3.94. The van der Waals surface area contributed by atoms with E-state index >= 15 is 0 Å². The summed E-state index contributed by atoms with van der Waals surface area (Å²) in [4.78, 5) is 30.9. The lowest BCUT2D eigenvalue weighted by Gasteiger charge is -2.40. The highest BCUT2D eigenvalue weighted by Crippen LogP contribution is 2.42. The van der Waals surface area contributed by atoms with Crippen LogP contribution in [0.5, 0.6) is 0 Å². The molecule has 176 valence electrons. The first-order chi connectivity index (χ1) is 16.5. The second kappa shape index (κ2) is 9.09. The number of hydrogen-bond donors (Lipinski definition) is 0. The average molecular weight is 460 g/mol. The molecule has 1 aromatic heterocycles. The number of carbonyl (C=O) groups excluding carboxylic acids is 2. The van der Waals surface area contributed by atoms with Gasteiger partial charge in [-0.25, -0.2) is 4.39 Å². The van der Waals surface area contributed by atoms with Crippen LogP contribution < -0.4 is 4.90 Å². The third-order valence-electron chi connectivity index (χ3n) is 7.09. The first-order valence-electron chi connectivity index (χ1n) is 12.1. The normalized spacial score (nSPS) is 17.5. The van der Waals surface area contributed by atoms with Crippen molar-refractivity contribution in [3.8, 4) is 5.69 Å². The van der Waals surface area contributed by atoms with Crippen LogP contribution in [0.1, 0.15) is 56.8 Å². The van der Waals surface area contributed by atoms with E-state index in [0.717, 1.165) is 48.3 Å². The standard InChI is InChI=1S/C28H30FN3O2/c1-19(2)31(28(34)21-8-3-4-9-21)18-26(33)32-24-11-6-5-10-23(24)30-17-7-12-25(30)27(32)20-13-15-22(29)16-14-20/h5-7,10-17,19,21,27H,3-4,8-9,18H2,1-2H3. The minimum atomic E-state index is -0.423. The monoisotopic (exact) mass is 459 g/mol. The van der Waals surface area contributed by atoms with E-state index in [-0.39, 0.29) is 36.1 Å². The smallest absolute Gasteiger partial charge is 0.247 e. The molecule has 6 heteroatoms. The van der Waals surface area contributed by atoms with E-state index < -0.39 is 6.04 Å². The molecule has 2 aliphatic rings. The summed E-state index contributed by atoms with van der Waals surface area (Å²) in [6.07, 6.45) is 5.92. The topological polar surface area (TPSA) is 45.6 Å². The van der Waals surface area contributed by atoms with Crippen LogP contribution in [0.2, 0.25) is 0 Å². The van der Waals surface area contributed by atoms with Crippen molar-refractivity contribution in [2.75, 3.05) is 11.4 Å². The van der Waals surface area contributed by atoms with Gasteiger partial charge in [-0.15, -0.1) is 0 Å². The zero-order chi connectivity index (χ0) is 23.8. The predicted molar refractivity (Wildman–Crippen MR) is 130 cm³/mol. The van der Waals surface area contributed by atoms with Gasteiger partial charge in [-0.3, -0.25) is 14.5 Å². The molecule has 0 bridgehead atoms. The zero-order valence-corrected chi connectivity index (χ0v) is 19.7. The van der Waals surface area contributed by atoms with Crippen molar-refractivity contribution in [1.29, 1.82) is 0 Å². The highest BCUT2D eigenvalue weighted by Gasteiger charge is 2.38. The van der Waals surface area contributed by atoms with Gasteiger partial charge in [-0.1, -0.05) is 37.1 Å². The first kappa shape index (κ1) is 22.4. The van der Waals surface area contributed by atoms with Crippen LogP contribution in [0.3, 0.4) is 0 Å². The predicted octanol–water partition coefficient (Wildman–Crippen LogP) is 5.48. The number of rotatable bonds is 5. The van der Waals surface area contributed by atoms with Crippen molar-refractivity contribution in [2.24, 2.45) is 5.92 Å². The number of aromatic nitrogens is 1. The van der Waals surface area contributed by atoms with Crippen LogP contribution in [0, 0.1) is 11.7 Å². The van der Waals surface area contributed by atoms with Gasteiger partial charge in [0.25, 0.3) is 0 Å². The SMILES string of the molecule is CC(C)N(CC(=O)N1c2ccccc2-n2cccc2C1c1ccc(F)cc1)C(=O)C1CCCC1. The molecule has 0 saturated heterocycles. The fraction of sp³-hybridized carbons (Fsp3) is 0.357. The molecule has 3 aromatic rings. The zero-order valence-electron chi connectivity index (χ0n) is 19.7. The molecule has 0 radical (unpaired) electrons. The number of carbonyl (C=O) groups is 2. The Hall–Kier alpha value is -3.41. The molecule has 1 unspecified atom stereocenters. The summed E-state index contributed by atoms with van der Waals surface area (Å²) in [6, 6.07) is 17.6. The number of amides is 2. The number of halogens is 1. The lowest BCUT2D eigenvalue weighted by atomic mass is 9.97. The molecule has 1 atom stereocenters. The van der Waals surface area contributed by atoms with Gasteiger partial charge in [0.15, 0.2) is 0 Å². The van der Waals surface area contributed by atoms with Crippen molar-refractivity contribution in [3.63, 3.8) is 0 Å². The van der Waals surface area contributed by atoms with Crippen LogP contribution in [-0.4, -0.2) is 33.9 Å². The van der Waals surface area contributed by atoms with E-state index in [0.29, 0.717) is 0 Å². The maximum absolute atomic E-state index is 14.0. The maximum atomic E-state index is 14.0. The molecule has 2 amide bonds. The molecule has 2 aromatic carbocycles. The van der Waals surface area contributed by atoms with E-state index in [2.05, 4.69) is 4.57 Å². The molecule has 2 heterocycles. The van der Waals surface area contributed by atoms with E-state index in [9.17, 15) is 14.0 Å². The molecule has 1 fully saturated rings. The summed E-state index contributed by atoms with van der Waals surface area (Å²) >= 11 is 0. The summed E-state index contributed by atoms with van der Waals surface area (Å²) in [5.41, 5.74) is 3.44. The van der Waals surface area contributed by atoms with Crippen LogP contribution in [0.4, 0.5) is 10.1 Å². The molecule has 0 N–H and O–H groups in total. The Labute approximate surface area is 199 Å². The molecule has 34 heavy (non-hydrogen) atoms. The second-order valence-corrected chi connectivity index (χ2v) is 9.55. The van der Waals surface area contributed by atoms with Gasteiger partial charge in [0.05, 0.1) is 17.1 Å². The Balaban J connectivity index is 1.56. The van der Waals surface area contributed by atoms with Crippen molar-refractivity contribution in [3.05, 3.63) is 83.9 Å². The van der Waals surface area contributed by atoms with Crippen LogP contribution in [0.15, 0.2) is 66.9 Å². The molecule has 5 nitrogen and oxygen atoms in total. The minimum absolute atomic E-state index is 0.00831. The van der Waals surface area contributed by atoms with Crippen LogP contribution in [-0.2, 0) is 9.59 Å². The van der Waals surface area contributed by atoms with E-state index in [1.807, 2.05) is 56.4 Å². The number of fused-ring (bicyclic) bond motifs is 3. The van der Waals surface area contributed by atoms with Gasteiger partial charge in [-0.2, -0.15) is 0 Å². The van der Waals surface area contributed by atoms with Crippen molar-refractivity contribution in [2.45, 2.75) is 51.6 Å². The first-order valence-corrected chi connectivity index (χ1v) is 12.1. The highest BCUT2D eigenvalue weighted by molar-refractivity contribution is 6.00. The Morgan fingerprint density at radius 3 is 2.32 bits per heavy atom. The third kappa shape index (κ3) is 3.91. The van der Waals surface area contributed by atoms with Gasteiger partial charge in [0, 0.05) is 18.2 Å². The van der Waals surface area contributed by atoms with Crippen LogP contribution >= 0.6 is 0 Å². The fourth-order valence-corrected chi connectivity index (χ4v) is 5.37. The van der Waals surface area contributed by atoms with Gasteiger partial charge >= 0.3 is 0 Å². The Kier molecular flexibility index (Phi) is 5.98. The van der Waals surface area contributed by atoms with Gasteiger partial charge < -0.3 is 9.47 Å². The van der Waals surface area contributed by atoms with E-state index in [4.69, 9.17) is 0 Å². The number of anilines is 1. The largest absolute Gasteiger partial charge is 0.331 e. The highest BCUT2D eigenvalue weighted by atomic mass is 19.1. The van der Waals surface area contributed by atoms with Gasteiger partial charge in [-0.05, 0) is 68.7 Å². The van der Waals surface area contributed by atoms with Crippen molar-refractivity contribution >= 4 is 17.5 Å². The molecular formula is C28H30FN3O2. The number of hydrogen-bond acceptors (Lipinski definition) is 2. The van der Waals surface area contributed by atoms with E-state index in [1.165, 1.54) is 12.1 Å². The number of para-hydroxylation sites is 2. The number of benzene rings is 2. The summed E-state index contributed by atoms with van der Waals surface area (Å²) in [5, 5.41) is 0. The van der Waals surface area contributed by atoms with Crippen LogP contribution in [0.25, 0.3) is 5.69 Å². The molecule has 0 spiro atoms. The third-order valence-corrected chi connectivity index (χ3v) is 7.09. The molecule has 1 aliphatic carbocycles. The molecule has 5 rings (SSSR count). The summed E-state index contributed by atoms with van der Waals surface area (Å²) < 4.78 is 15.8. The summed E-state index contributed by atoms with van der Waals surface area (Å²) in [5.74, 6) is -0.377. The fourth-order valence-electron chi connectivity index (χ4n) is 5.37. The van der Waals surface area contributed by atoms with Crippen molar-refractivity contribution in [1.82, 2.24) is 9.47 Å². The van der Waals surface area contributed by atoms with Gasteiger partial charge in [0.1, 0.15) is 18.4 Å². The van der Waals surface area contributed by atoms with Gasteiger partial charge in [0.2, 0.25) is 11.8 Å². The van der Waals surface area contributed by atoms with Crippen molar-refractivity contribution < 1.29 is 14.0 Å². The molecule has 1 aliphatic heterocycles. The quantitative estimate of drug-likeness (QED) is 0.507. The lowest BCUT2D eigenvalue weighted by molar-refractivity contribution is -0.140. The Morgan fingerprint density at radius 1 is 0.971 bits per heavy atom. The minimum Gasteiger partial charge on any atom is -0.331 e. The Morgan fingerprint density at radius 2 is 1.65 bits per heavy atom. The summed E-state index contributed by atoms with van der Waals surface area (Å²) in [7, 11) is 0. The Bertz CT molecular complexity index is 1190. The lowest BCUT2D eigenvalue weighted by Crippen LogP contribution is -2.49. The molecular weight excluding hydrogens is 429 g/mol. The molecule has 1 saturated carbocycles. The van der Waals surface area contributed by atoms with E-state index in [1.54, 1.807) is 21.9 Å². The maximum Gasteiger partial charge on any atom is 0.247 e. The average Bonchev–Trinajstić information content (AvgIpc) is 3.54.